The first-order chi connectivity index (χ1) is 9.22. The van der Waals surface area contributed by atoms with Gasteiger partial charge in [0.1, 0.15) is 11.6 Å². The van der Waals surface area contributed by atoms with Crippen LogP contribution in [0.3, 0.4) is 0 Å². The molecule has 2 aromatic rings. The first kappa shape index (κ1) is 12.1. The van der Waals surface area contributed by atoms with E-state index in [1.807, 2.05) is 25.2 Å². The van der Waals surface area contributed by atoms with Crippen LogP contribution in [-0.2, 0) is 7.05 Å². The summed E-state index contributed by atoms with van der Waals surface area (Å²) in [5.74, 6) is 1.49. The van der Waals surface area contributed by atoms with Gasteiger partial charge in [-0.25, -0.2) is 0 Å². The van der Waals surface area contributed by atoms with Crippen molar-refractivity contribution in [2.45, 2.75) is 31.8 Å². The minimum absolute atomic E-state index is 0.401. The maximum absolute atomic E-state index is 5.95. The Kier molecular flexibility index (Phi) is 3.15. The summed E-state index contributed by atoms with van der Waals surface area (Å²) in [6.07, 6.45) is 5.34. The average molecular weight is 257 g/mol. The lowest BCUT2D eigenvalue weighted by molar-refractivity contribution is 0.210. The summed E-state index contributed by atoms with van der Waals surface area (Å²) in [6.45, 7) is 0. The Labute approximate surface area is 113 Å². The van der Waals surface area contributed by atoms with E-state index in [0.717, 1.165) is 17.0 Å². The lowest BCUT2D eigenvalue weighted by Crippen LogP contribution is -2.10. The molecule has 0 bridgehead atoms. The second-order valence-electron chi connectivity index (χ2n) is 5.13. The molecule has 0 saturated heterocycles. The van der Waals surface area contributed by atoms with Crippen molar-refractivity contribution < 1.29 is 4.74 Å². The smallest absolute Gasteiger partial charge is 0.146 e. The molecule has 0 spiro atoms. The SMILES string of the molecule is Cn1nc(N)cc1-c1ccc(OC2CCCC2)cc1. The molecular formula is C15H19N3O. The first-order valence-corrected chi connectivity index (χ1v) is 6.79. The molecule has 0 radical (unpaired) electrons. The molecule has 100 valence electrons. The Morgan fingerprint density at radius 1 is 1.21 bits per heavy atom. The van der Waals surface area contributed by atoms with Crippen LogP contribution in [0.2, 0.25) is 0 Å². The van der Waals surface area contributed by atoms with E-state index < -0.39 is 0 Å². The molecule has 0 aliphatic heterocycles. The Bertz CT molecular complexity index is 553. The highest BCUT2D eigenvalue weighted by molar-refractivity contribution is 5.63. The van der Waals surface area contributed by atoms with Gasteiger partial charge in [0.05, 0.1) is 11.8 Å². The zero-order valence-corrected chi connectivity index (χ0v) is 11.2. The molecule has 1 heterocycles. The summed E-state index contributed by atoms with van der Waals surface area (Å²) < 4.78 is 7.75. The largest absolute Gasteiger partial charge is 0.490 e. The Balaban J connectivity index is 1.76. The van der Waals surface area contributed by atoms with Crippen molar-refractivity contribution in [3.63, 3.8) is 0 Å². The molecule has 1 aliphatic rings. The lowest BCUT2D eigenvalue weighted by Gasteiger charge is -2.13. The van der Waals surface area contributed by atoms with E-state index in [-0.39, 0.29) is 0 Å². The average Bonchev–Trinajstić information content (AvgIpc) is 3.00. The van der Waals surface area contributed by atoms with Crippen molar-refractivity contribution in [1.82, 2.24) is 9.78 Å². The summed E-state index contributed by atoms with van der Waals surface area (Å²) in [5, 5.41) is 4.16. The molecule has 1 fully saturated rings. The number of ether oxygens (including phenoxy) is 1. The Morgan fingerprint density at radius 3 is 2.47 bits per heavy atom. The molecule has 2 N–H and O–H groups in total. The van der Waals surface area contributed by atoms with Crippen LogP contribution in [0.4, 0.5) is 5.82 Å². The quantitative estimate of drug-likeness (QED) is 0.919. The molecule has 1 saturated carbocycles. The maximum atomic E-state index is 5.95. The van der Waals surface area contributed by atoms with Gasteiger partial charge < -0.3 is 10.5 Å². The van der Waals surface area contributed by atoms with Gasteiger partial charge in [-0.3, -0.25) is 4.68 Å². The topological polar surface area (TPSA) is 53.1 Å². The minimum atomic E-state index is 0.401. The van der Waals surface area contributed by atoms with Crippen LogP contribution >= 0.6 is 0 Å². The van der Waals surface area contributed by atoms with Gasteiger partial charge in [0.2, 0.25) is 0 Å². The minimum Gasteiger partial charge on any atom is -0.490 e. The summed E-state index contributed by atoms with van der Waals surface area (Å²) >= 11 is 0. The molecule has 19 heavy (non-hydrogen) atoms. The number of benzene rings is 1. The van der Waals surface area contributed by atoms with E-state index in [9.17, 15) is 0 Å². The Morgan fingerprint density at radius 2 is 1.89 bits per heavy atom. The van der Waals surface area contributed by atoms with Crippen molar-refractivity contribution >= 4 is 5.82 Å². The molecular weight excluding hydrogens is 238 g/mol. The van der Waals surface area contributed by atoms with Crippen LogP contribution < -0.4 is 10.5 Å². The first-order valence-electron chi connectivity index (χ1n) is 6.79. The molecule has 0 unspecified atom stereocenters. The third kappa shape index (κ3) is 2.57. The van der Waals surface area contributed by atoms with Gasteiger partial charge in [0.25, 0.3) is 0 Å². The number of hydrogen-bond acceptors (Lipinski definition) is 3. The van der Waals surface area contributed by atoms with E-state index in [1.54, 1.807) is 4.68 Å². The van der Waals surface area contributed by atoms with Crippen molar-refractivity contribution in [2.75, 3.05) is 5.73 Å². The van der Waals surface area contributed by atoms with Crippen LogP contribution in [0, 0.1) is 0 Å². The number of nitrogen functional groups attached to an aromatic ring is 1. The van der Waals surface area contributed by atoms with E-state index >= 15 is 0 Å². The summed E-state index contributed by atoms with van der Waals surface area (Å²) in [6, 6.07) is 10.0. The third-order valence-electron chi connectivity index (χ3n) is 3.65. The van der Waals surface area contributed by atoms with E-state index in [0.29, 0.717) is 11.9 Å². The molecule has 1 aromatic carbocycles. The summed E-state index contributed by atoms with van der Waals surface area (Å²) in [7, 11) is 1.90. The predicted octanol–water partition coefficient (Wildman–Crippen LogP) is 2.99. The number of nitrogens with zero attached hydrogens (tertiary/aromatic N) is 2. The van der Waals surface area contributed by atoms with E-state index in [1.165, 1.54) is 25.7 Å². The number of aromatic nitrogens is 2. The molecule has 4 heteroatoms. The number of rotatable bonds is 3. The van der Waals surface area contributed by atoms with Crippen molar-refractivity contribution in [2.24, 2.45) is 7.05 Å². The predicted molar refractivity (Wildman–Crippen MR) is 75.9 cm³/mol. The second kappa shape index (κ2) is 4.96. The van der Waals surface area contributed by atoms with Crippen LogP contribution in [0.1, 0.15) is 25.7 Å². The van der Waals surface area contributed by atoms with E-state index in [2.05, 4.69) is 17.2 Å². The molecule has 4 nitrogen and oxygen atoms in total. The normalized spacial score (nSPS) is 15.8. The fourth-order valence-electron chi connectivity index (χ4n) is 2.66. The second-order valence-corrected chi connectivity index (χ2v) is 5.13. The molecule has 0 amide bonds. The standard InChI is InChI=1S/C15H19N3O/c1-18-14(10-15(16)17-18)11-6-8-13(9-7-11)19-12-4-2-3-5-12/h6-10,12H,2-5H2,1H3,(H2,16,17). The maximum Gasteiger partial charge on any atom is 0.146 e. The van der Waals surface area contributed by atoms with Crippen LogP contribution in [0.25, 0.3) is 11.3 Å². The lowest BCUT2D eigenvalue weighted by atomic mass is 10.1. The van der Waals surface area contributed by atoms with Crippen molar-refractivity contribution in [1.29, 1.82) is 0 Å². The van der Waals surface area contributed by atoms with Gasteiger partial charge >= 0.3 is 0 Å². The van der Waals surface area contributed by atoms with Crippen LogP contribution in [0.15, 0.2) is 30.3 Å². The van der Waals surface area contributed by atoms with Gasteiger partial charge in [-0.1, -0.05) is 0 Å². The number of anilines is 1. The van der Waals surface area contributed by atoms with Gasteiger partial charge in [-0.05, 0) is 49.9 Å². The van der Waals surface area contributed by atoms with Crippen LogP contribution in [0.5, 0.6) is 5.75 Å². The zero-order chi connectivity index (χ0) is 13.2. The number of aryl methyl sites for hydroxylation is 1. The van der Waals surface area contributed by atoms with Gasteiger partial charge in [-0.15, -0.1) is 0 Å². The monoisotopic (exact) mass is 257 g/mol. The number of hydrogen-bond donors (Lipinski definition) is 1. The molecule has 1 aromatic heterocycles. The van der Waals surface area contributed by atoms with Crippen LogP contribution in [-0.4, -0.2) is 15.9 Å². The Hall–Kier alpha value is -1.97. The van der Waals surface area contributed by atoms with Gasteiger partial charge in [-0.2, -0.15) is 5.10 Å². The van der Waals surface area contributed by atoms with E-state index in [4.69, 9.17) is 10.5 Å². The molecule has 1 aliphatic carbocycles. The van der Waals surface area contributed by atoms with Crippen molar-refractivity contribution in [3.05, 3.63) is 30.3 Å². The highest BCUT2D eigenvalue weighted by atomic mass is 16.5. The van der Waals surface area contributed by atoms with Crippen molar-refractivity contribution in [3.8, 4) is 17.0 Å². The zero-order valence-electron chi connectivity index (χ0n) is 11.2. The molecule has 3 rings (SSSR count). The number of nitrogens with two attached hydrogens (primary N) is 1. The third-order valence-corrected chi connectivity index (χ3v) is 3.65. The van der Waals surface area contributed by atoms with Gasteiger partial charge in [0.15, 0.2) is 0 Å². The highest BCUT2D eigenvalue weighted by Gasteiger charge is 2.16. The fourth-order valence-corrected chi connectivity index (χ4v) is 2.66. The summed E-state index contributed by atoms with van der Waals surface area (Å²) in [4.78, 5) is 0. The molecule has 0 atom stereocenters. The highest BCUT2D eigenvalue weighted by Crippen LogP contribution is 2.27. The van der Waals surface area contributed by atoms with Gasteiger partial charge in [0, 0.05) is 18.7 Å². The summed E-state index contributed by atoms with van der Waals surface area (Å²) in [5.41, 5.74) is 7.82. The fraction of sp³-hybridized carbons (Fsp3) is 0.400.